The summed E-state index contributed by atoms with van der Waals surface area (Å²) in [6, 6.07) is 11.1. The molecule has 0 amide bonds. The second-order valence-electron chi connectivity index (χ2n) is 4.26. The Morgan fingerprint density at radius 3 is 2.62 bits per heavy atom. The predicted molar refractivity (Wildman–Crippen MR) is 73.6 cm³/mol. The van der Waals surface area contributed by atoms with E-state index in [1.165, 1.54) is 12.1 Å². The number of nitro benzene ring substituents is 1. The van der Waals surface area contributed by atoms with Crippen molar-refractivity contribution in [1.29, 1.82) is 5.26 Å². The van der Waals surface area contributed by atoms with Gasteiger partial charge in [0, 0.05) is 5.56 Å². The molecule has 0 aliphatic carbocycles. The molecule has 2 aromatic carbocycles. The average molecular weight is 281 g/mol. The normalized spacial score (nSPS) is 10.4. The van der Waals surface area contributed by atoms with Gasteiger partial charge in [-0.25, -0.2) is 4.79 Å². The molecule has 0 fully saturated rings. The fourth-order valence-electron chi connectivity index (χ4n) is 2.24. The van der Waals surface area contributed by atoms with Crippen molar-refractivity contribution in [2.75, 3.05) is 0 Å². The van der Waals surface area contributed by atoms with Crippen LogP contribution in [-0.4, -0.2) is 9.91 Å². The van der Waals surface area contributed by atoms with Gasteiger partial charge >= 0.3 is 5.76 Å². The van der Waals surface area contributed by atoms with Crippen LogP contribution in [0.25, 0.3) is 22.2 Å². The molecule has 7 nitrogen and oxygen atoms in total. The molecule has 102 valence electrons. The molecule has 1 N–H and O–H groups in total. The summed E-state index contributed by atoms with van der Waals surface area (Å²) >= 11 is 0. The summed E-state index contributed by atoms with van der Waals surface area (Å²) < 4.78 is 4.94. The van der Waals surface area contributed by atoms with Gasteiger partial charge in [-0.05, 0) is 18.2 Å². The number of oxazole rings is 1. The number of aromatic amines is 1. The Morgan fingerprint density at radius 2 is 1.90 bits per heavy atom. The van der Waals surface area contributed by atoms with Gasteiger partial charge in [0.25, 0.3) is 5.69 Å². The molecule has 1 aromatic heterocycles. The molecule has 0 bridgehead atoms. The van der Waals surface area contributed by atoms with E-state index in [0.29, 0.717) is 16.7 Å². The zero-order chi connectivity index (χ0) is 15.0. The minimum Gasteiger partial charge on any atom is -0.408 e. The van der Waals surface area contributed by atoms with E-state index in [1.54, 1.807) is 30.3 Å². The first-order chi connectivity index (χ1) is 10.1. The second-order valence-corrected chi connectivity index (χ2v) is 4.26. The maximum absolute atomic E-state index is 11.3. The van der Waals surface area contributed by atoms with E-state index in [0.717, 1.165) is 0 Å². The van der Waals surface area contributed by atoms with Gasteiger partial charge in [0.05, 0.1) is 16.0 Å². The summed E-state index contributed by atoms with van der Waals surface area (Å²) in [7, 11) is 0. The van der Waals surface area contributed by atoms with Crippen LogP contribution in [0.3, 0.4) is 0 Å². The third kappa shape index (κ3) is 1.95. The van der Waals surface area contributed by atoms with Crippen LogP contribution in [0.15, 0.2) is 45.6 Å². The highest BCUT2D eigenvalue weighted by atomic mass is 16.6. The molecule has 0 unspecified atom stereocenters. The van der Waals surface area contributed by atoms with Crippen molar-refractivity contribution in [3.8, 4) is 17.2 Å². The van der Waals surface area contributed by atoms with Crippen LogP contribution in [0, 0.1) is 21.4 Å². The van der Waals surface area contributed by atoms with Crippen LogP contribution in [0.5, 0.6) is 0 Å². The number of benzene rings is 2. The Bertz CT molecular complexity index is 962. The molecule has 0 spiro atoms. The largest absolute Gasteiger partial charge is 0.417 e. The molecule has 1 heterocycles. The van der Waals surface area contributed by atoms with Gasteiger partial charge in [-0.15, -0.1) is 0 Å². The lowest BCUT2D eigenvalue weighted by Crippen LogP contribution is -1.97. The first-order valence-electron chi connectivity index (χ1n) is 5.91. The Morgan fingerprint density at radius 1 is 1.19 bits per heavy atom. The number of para-hydroxylation sites is 2. The monoisotopic (exact) mass is 281 g/mol. The summed E-state index contributed by atoms with van der Waals surface area (Å²) in [5.74, 6) is -0.642. The molecule has 0 saturated carbocycles. The van der Waals surface area contributed by atoms with Crippen LogP contribution in [0.1, 0.15) is 5.56 Å². The number of aromatic nitrogens is 1. The minimum absolute atomic E-state index is 0.0413. The fraction of sp³-hybridized carbons (Fsp3) is 0. The van der Waals surface area contributed by atoms with E-state index >= 15 is 0 Å². The lowest BCUT2D eigenvalue weighted by Gasteiger charge is -2.05. The molecular weight excluding hydrogens is 274 g/mol. The first kappa shape index (κ1) is 12.6. The van der Waals surface area contributed by atoms with Gasteiger partial charge in [-0.3, -0.25) is 15.1 Å². The van der Waals surface area contributed by atoms with Gasteiger partial charge < -0.3 is 4.42 Å². The molecule has 0 saturated heterocycles. The molecule has 3 rings (SSSR count). The summed E-state index contributed by atoms with van der Waals surface area (Å²) in [6.07, 6.45) is 0. The number of rotatable bonds is 2. The number of nitrogens with one attached hydrogen (secondary N) is 1. The van der Waals surface area contributed by atoms with Crippen molar-refractivity contribution in [2.45, 2.75) is 0 Å². The summed E-state index contributed by atoms with van der Waals surface area (Å²) in [4.78, 5) is 24.5. The van der Waals surface area contributed by atoms with Gasteiger partial charge in [0.15, 0.2) is 5.58 Å². The summed E-state index contributed by atoms with van der Waals surface area (Å²) in [5, 5.41) is 20.3. The third-order valence-corrected chi connectivity index (χ3v) is 3.09. The second kappa shape index (κ2) is 4.61. The number of fused-ring (bicyclic) bond motifs is 1. The van der Waals surface area contributed by atoms with Gasteiger partial charge in [0.1, 0.15) is 11.6 Å². The lowest BCUT2D eigenvalue weighted by atomic mass is 9.99. The highest BCUT2D eigenvalue weighted by Gasteiger charge is 2.22. The highest BCUT2D eigenvalue weighted by molar-refractivity contribution is 5.94. The maximum Gasteiger partial charge on any atom is 0.417 e. The molecular formula is C14H7N3O4. The van der Waals surface area contributed by atoms with E-state index < -0.39 is 10.7 Å². The smallest absolute Gasteiger partial charge is 0.408 e. The van der Waals surface area contributed by atoms with Gasteiger partial charge in [0.2, 0.25) is 0 Å². The minimum atomic E-state index is -0.642. The van der Waals surface area contributed by atoms with E-state index in [4.69, 9.17) is 9.68 Å². The van der Waals surface area contributed by atoms with Crippen molar-refractivity contribution < 1.29 is 9.34 Å². The summed E-state index contributed by atoms with van der Waals surface area (Å²) in [5.41, 5.74) is 1.01. The van der Waals surface area contributed by atoms with E-state index in [1.807, 2.05) is 0 Å². The van der Waals surface area contributed by atoms with Crippen LogP contribution >= 0.6 is 0 Å². The van der Waals surface area contributed by atoms with Crippen molar-refractivity contribution in [2.24, 2.45) is 0 Å². The molecule has 0 radical (unpaired) electrons. The third-order valence-electron chi connectivity index (χ3n) is 3.09. The number of hydrogen-bond acceptors (Lipinski definition) is 5. The van der Waals surface area contributed by atoms with Gasteiger partial charge in [-0.2, -0.15) is 5.26 Å². The Hall–Kier alpha value is -3.40. The molecule has 3 aromatic rings. The van der Waals surface area contributed by atoms with Crippen molar-refractivity contribution in [3.05, 3.63) is 62.6 Å². The topological polar surface area (TPSA) is 113 Å². The number of hydrogen-bond donors (Lipinski definition) is 1. The predicted octanol–water partition coefficient (Wildman–Crippen LogP) is 2.57. The molecule has 0 aliphatic rings. The molecule has 21 heavy (non-hydrogen) atoms. The quantitative estimate of drug-likeness (QED) is 0.572. The maximum atomic E-state index is 11.3. The Balaban J connectivity index is 2.41. The number of nitrogens with zero attached hydrogens (tertiary/aromatic N) is 2. The van der Waals surface area contributed by atoms with Crippen molar-refractivity contribution in [3.63, 3.8) is 0 Å². The summed E-state index contributed by atoms with van der Waals surface area (Å²) in [6.45, 7) is 0. The highest BCUT2D eigenvalue weighted by Crippen LogP contribution is 2.35. The van der Waals surface area contributed by atoms with E-state index in [-0.39, 0.29) is 16.8 Å². The molecule has 0 atom stereocenters. The average Bonchev–Trinajstić information content (AvgIpc) is 2.86. The van der Waals surface area contributed by atoms with Crippen molar-refractivity contribution in [1.82, 2.24) is 4.98 Å². The standard InChI is InChI=1S/C14H7N3O4/c15-7-8-3-1-5-10(13(8)17(19)20)9-4-2-6-11-12(9)16-14(18)21-11/h1-6H,(H,16,18). The van der Waals surface area contributed by atoms with Crippen LogP contribution in [0.2, 0.25) is 0 Å². The lowest BCUT2D eigenvalue weighted by molar-refractivity contribution is -0.384. The fourth-order valence-corrected chi connectivity index (χ4v) is 2.24. The van der Waals surface area contributed by atoms with E-state index in [2.05, 4.69) is 4.98 Å². The van der Waals surface area contributed by atoms with Gasteiger partial charge in [-0.1, -0.05) is 18.2 Å². The number of nitriles is 1. The SMILES string of the molecule is N#Cc1cccc(-c2cccc3oc(=O)[nH]c23)c1[N+](=O)[O-]. The Labute approximate surface area is 117 Å². The Kier molecular flexibility index (Phi) is 2.77. The van der Waals surface area contributed by atoms with Crippen LogP contribution in [-0.2, 0) is 0 Å². The number of H-pyrrole nitrogens is 1. The number of nitro groups is 1. The molecule has 7 heteroatoms. The zero-order valence-electron chi connectivity index (χ0n) is 10.5. The zero-order valence-corrected chi connectivity index (χ0v) is 10.5. The van der Waals surface area contributed by atoms with Crippen molar-refractivity contribution >= 4 is 16.8 Å². The first-order valence-corrected chi connectivity index (χ1v) is 5.91. The molecule has 0 aliphatic heterocycles. The van der Waals surface area contributed by atoms with Crippen LogP contribution < -0.4 is 5.76 Å². The van der Waals surface area contributed by atoms with E-state index in [9.17, 15) is 14.9 Å². The van der Waals surface area contributed by atoms with Crippen LogP contribution in [0.4, 0.5) is 5.69 Å².